The van der Waals surface area contributed by atoms with Gasteiger partial charge in [-0.3, -0.25) is 9.59 Å². The lowest BCUT2D eigenvalue weighted by Crippen LogP contribution is -2.25. The average molecular weight is 384 g/mol. The maximum Gasteiger partial charge on any atom is 0.273 e. The normalized spacial score (nSPS) is 11.4. The fourth-order valence-corrected chi connectivity index (χ4v) is 2.34. The zero-order valence-corrected chi connectivity index (χ0v) is 16.2. The highest BCUT2D eigenvalue weighted by molar-refractivity contribution is 5.76. The standard InChI is InChI=1S/C20H24N4O4/c1-5-11-21-18(25)10-8-15-20(26)22-19(24-23-15)14-7-9-16(17(12-14)27-4)28-13(3)6-2/h1,7,9,12-13H,6,8,10-11H2,2-4H3,(H,21,25)(H,22,24,26). The second-order valence-electron chi connectivity index (χ2n) is 6.13. The summed E-state index contributed by atoms with van der Waals surface area (Å²) in [5.41, 5.74) is 0.424. The van der Waals surface area contributed by atoms with Crippen LogP contribution in [-0.2, 0) is 11.2 Å². The molecular weight excluding hydrogens is 360 g/mol. The third-order valence-electron chi connectivity index (χ3n) is 4.08. The summed E-state index contributed by atoms with van der Waals surface area (Å²) in [7, 11) is 1.55. The first-order valence-corrected chi connectivity index (χ1v) is 8.99. The van der Waals surface area contributed by atoms with Crippen molar-refractivity contribution in [1.29, 1.82) is 0 Å². The average Bonchev–Trinajstić information content (AvgIpc) is 2.71. The lowest BCUT2D eigenvalue weighted by Gasteiger charge is -2.16. The Morgan fingerprint density at radius 2 is 2.14 bits per heavy atom. The predicted molar refractivity (Wildman–Crippen MR) is 105 cm³/mol. The van der Waals surface area contributed by atoms with Gasteiger partial charge in [0, 0.05) is 18.4 Å². The van der Waals surface area contributed by atoms with Crippen molar-refractivity contribution >= 4 is 5.91 Å². The van der Waals surface area contributed by atoms with Crippen LogP contribution >= 0.6 is 0 Å². The number of nitrogens with zero attached hydrogens (tertiary/aromatic N) is 2. The van der Waals surface area contributed by atoms with Gasteiger partial charge < -0.3 is 19.8 Å². The smallest absolute Gasteiger partial charge is 0.273 e. The van der Waals surface area contributed by atoms with Gasteiger partial charge in [-0.05, 0) is 31.5 Å². The monoisotopic (exact) mass is 384 g/mol. The van der Waals surface area contributed by atoms with Crippen LogP contribution < -0.4 is 20.3 Å². The number of amides is 1. The Hall–Kier alpha value is -3.34. The van der Waals surface area contributed by atoms with E-state index in [9.17, 15) is 9.59 Å². The number of ether oxygens (including phenoxy) is 2. The van der Waals surface area contributed by atoms with Crippen molar-refractivity contribution in [3.63, 3.8) is 0 Å². The molecule has 8 nitrogen and oxygen atoms in total. The first-order chi connectivity index (χ1) is 13.5. The molecule has 0 spiro atoms. The lowest BCUT2D eigenvalue weighted by molar-refractivity contribution is -0.120. The summed E-state index contributed by atoms with van der Waals surface area (Å²) in [6.45, 7) is 4.16. The zero-order valence-electron chi connectivity index (χ0n) is 16.2. The van der Waals surface area contributed by atoms with Gasteiger partial charge in [0.25, 0.3) is 5.56 Å². The zero-order chi connectivity index (χ0) is 20.5. The van der Waals surface area contributed by atoms with E-state index in [0.717, 1.165) is 6.42 Å². The number of aromatic nitrogens is 3. The number of aryl methyl sites for hydroxylation is 1. The molecule has 1 atom stereocenters. The molecule has 0 radical (unpaired) electrons. The number of terminal acetylenes is 1. The largest absolute Gasteiger partial charge is 0.493 e. The number of carbonyl (C=O) groups excluding carboxylic acids is 1. The van der Waals surface area contributed by atoms with Gasteiger partial charge in [-0.25, -0.2) is 0 Å². The molecule has 28 heavy (non-hydrogen) atoms. The quantitative estimate of drug-likeness (QED) is 0.638. The highest BCUT2D eigenvalue weighted by Crippen LogP contribution is 2.32. The number of benzene rings is 1. The molecule has 1 heterocycles. The van der Waals surface area contributed by atoms with Crippen molar-refractivity contribution in [1.82, 2.24) is 20.5 Å². The highest BCUT2D eigenvalue weighted by atomic mass is 16.5. The lowest BCUT2D eigenvalue weighted by atomic mass is 10.2. The summed E-state index contributed by atoms with van der Waals surface area (Å²) in [4.78, 5) is 26.5. The molecule has 0 fully saturated rings. The van der Waals surface area contributed by atoms with Crippen LogP contribution in [-0.4, -0.2) is 40.8 Å². The van der Waals surface area contributed by atoms with E-state index >= 15 is 0 Å². The molecule has 0 bridgehead atoms. The molecule has 0 aliphatic rings. The minimum absolute atomic E-state index is 0.0523. The maximum absolute atomic E-state index is 12.3. The van der Waals surface area contributed by atoms with Crippen molar-refractivity contribution in [2.45, 2.75) is 39.2 Å². The number of nitrogens with one attached hydrogen (secondary N) is 2. The maximum atomic E-state index is 12.3. The molecule has 2 rings (SSSR count). The van der Waals surface area contributed by atoms with E-state index in [1.807, 2.05) is 13.8 Å². The van der Waals surface area contributed by atoms with Crippen molar-refractivity contribution in [2.24, 2.45) is 0 Å². The van der Waals surface area contributed by atoms with Crippen molar-refractivity contribution < 1.29 is 14.3 Å². The van der Waals surface area contributed by atoms with E-state index in [0.29, 0.717) is 22.9 Å². The number of methoxy groups -OCH3 is 1. The van der Waals surface area contributed by atoms with Crippen LogP contribution in [0.25, 0.3) is 11.4 Å². The van der Waals surface area contributed by atoms with Crippen LogP contribution in [0.1, 0.15) is 32.4 Å². The molecule has 1 aromatic carbocycles. The van der Waals surface area contributed by atoms with Gasteiger partial charge in [-0.2, -0.15) is 0 Å². The summed E-state index contributed by atoms with van der Waals surface area (Å²) in [6, 6.07) is 5.27. The Kier molecular flexibility index (Phi) is 7.57. The van der Waals surface area contributed by atoms with Crippen molar-refractivity contribution in [2.75, 3.05) is 13.7 Å². The van der Waals surface area contributed by atoms with Gasteiger partial charge in [-0.15, -0.1) is 16.6 Å². The van der Waals surface area contributed by atoms with Crippen molar-refractivity contribution in [3.05, 3.63) is 34.2 Å². The molecule has 1 aromatic heterocycles. The Morgan fingerprint density at radius 3 is 2.79 bits per heavy atom. The molecule has 1 unspecified atom stereocenters. The van der Waals surface area contributed by atoms with Crippen LogP contribution in [0.3, 0.4) is 0 Å². The fourth-order valence-electron chi connectivity index (χ4n) is 2.34. The number of H-pyrrole nitrogens is 1. The number of hydrogen-bond acceptors (Lipinski definition) is 6. The Labute approximate surface area is 163 Å². The third-order valence-corrected chi connectivity index (χ3v) is 4.08. The van der Waals surface area contributed by atoms with Gasteiger partial charge in [-0.1, -0.05) is 12.8 Å². The number of aromatic amines is 1. The van der Waals surface area contributed by atoms with Crippen LogP contribution in [0, 0.1) is 12.3 Å². The topological polar surface area (TPSA) is 106 Å². The highest BCUT2D eigenvalue weighted by Gasteiger charge is 2.13. The Morgan fingerprint density at radius 1 is 1.36 bits per heavy atom. The number of hydrogen-bond donors (Lipinski definition) is 2. The summed E-state index contributed by atoms with van der Waals surface area (Å²) < 4.78 is 11.2. The molecule has 1 amide bonds. The van der Waals surface area contributed by atoms with E-state index in [4.69, 9.17) is 15.9 Å². The first-order valence-electron chi connectivity index (χ1n) is 8.99. The van der Waals surface area contributed by atoms with Gasteiger partial charge >= 0.3 is 0 Å². The van der Waals surface area contributed by atoms with E-state index < -0.39 is 5.56 Å². The summed E-state index contributed by atoms with van der Waals surface area (Å²) in [6.07, 6.45) is 6.28. The van der Waals surface area contributed by atoms with E-state index in [1.165, 1.54) is 0 Å². The second kappa shape index (κ2) is 10.1. The Bertz CT molecular complexity index is 917. The number of carbonyl (C=O) groups is 1. The second-order valence-corrected chi connectivity index (χ2v) is 6.13. The van der Waals surface area contributed by atoms with Gasteiger partial charge in [0.05, 0.1) is 19.8 Å². The predicted octanol–water partition coefficient (Wildman–Crippen LogP) is 1.70. The molecule has 0 aliphatic carbocycles. The summed E-state index contributed by atoms with van der Waals surface area (Å²) >= 11 is 0. The minimum Gasteiger partial charge on any atom is -0.493 e. The van der Waals surface area contributed by atoms with Crippen molar-refractivity contribution in [3.8, 4) is 35.2 Å². The molecular formula is C20H24N4O4. The van der Waals surface area contributed by atoms with Crippen LogP contribution in [0.5, 0.6) is 11.5 Å². The van der Waals surface area contributed by atoms with Gasteiger partial charge in [0.1, 0.15) is 5.69 Å². The summed E-state index contributed by atoms with van der Waals surface area (Å²) in [5.74, 6) is 3.53. The molecule has 2 N–H and O–H groups in total. The SMILES string of the molecule is C#CCNC(=O)CCc1nnc(-c2ccc(OC(C)CC)c(OC)c2)[nH]c1=O. The molecule has 8 heteroatoms. The molecule has 0 saturated heterocycles. The molecule has 0 aliphatic heterocycles. The van der Waals surface area contributed by atoms with E-state index in [-0.39, 0.29) is 37.1 Å². The fraction of sp³-hybridized carbons (Fsp3) is 0.400. The third kappa shape index (κ3) is 5.58. The summed E-state index contributed by atoms with van der Waals surface area (Å²) in [5, 5.41) is 10.6. The van der Waals surface area contributed by atoms with E-state index in [2.05, 4.69) is 26.4 Å². The molecule has 0 saturated carbocycles. The van der Waals surface area contributed by atoms with Crippen LogP contribution in [0.4, 0.5) is 0 Å². The van der Waals surface area contributed by atoms with Gasteiger partial charge in [0.15, 0.2) is 17.3 Å². The minimum atomic E-state index is -0.395. The van der Waals surface area contributed by atoms with Crippen LogP contribution in [0.15, 0.2) is 23.0 Å². The first kappa shape index (κ1) is 21.0. The Balaban J connectivity index is 2.16. The molecule has 2 aromatic rings. The number of rotatable bonds is 9. The van der Waals surface area contributed by atoms with E-state index in [1.54, 1.807) is 25.3 Å². The van der Waals surface area contributed by atoms with Gasteiger partial charge in [0.2, 0.25) is 5.91 Å². The van der Waals surface area contributed by atoms with Crippen LogP contribution in [0.2, 0.25) is 0 Å². The molecule has 148 valence electrons.